The fourth-order valence-corrected chi connectivity index (χ4v) is 3.72. The molecule has 0 bridgehead atoms. The van der Waals surface area contributed by atoms with Gasteiger partial charge in [-0.25, -0.2) is 0 Å². The molecule has 2 aliphatic rings. The van der Waals surface area contributed by atoms with Crippen molar-refractivity contribution in [2.45, 2.75) is 75.9 Å². The minimum absolute atomic E-state index is 0.0874. The van der Waals surface area contributed by atoms with Gasteiger partial charge in [0.2, 0.25) is 0 Å². The van der Waals surface area contributed by atoms with Crippen LogP contribution in [0, 0.1) is 5.92 Å². The second kappa shape index (κ2) is 5.50. The lowest BCUT2D eigenvalue weighted by Gasteiger charge is -2.44. The van der Waals surface area contributed by atoms with Gasteiger partial charge in [-0.1, -0.05) is 38.5 Å². The molecule has 0 aromatic rings. The van der Waals surface area contributed by atoms with E-state index < -0.39 is 5.60 Å². The summed E-state index contributed by atoms with van der Waals surface area (Å²) in [6.45, 7) is 0. The molecule has 0 amide bonds. The second-order valence-electron chi connectivity index (χ2n) is 5.65. The molecule has 0 aliphatic heterocycles. The van der Waals surface area contributed by atoms with E-state index in [4.69, 9.17) is 4.74 Å². The maximum atomic E-state index is 11.0. The lowest BCUT2D eigenvalue weighted by molar-refractivity contribution is -0.152. The first-order valence-electron chi connectivity index (χ1n) is 7.02. The van der Waals surface area contributed by atoms with E-state index in [1.807, 2.05) is 0 Å². The first-order valence-corrected chi connectivity index (χ1v) is 7.02. The number of hydrogen-bond donors (Lipinski definition) is 1. The zero-order valence-electron chi connectivity index (χ0n) is 10.6. The van der Waals surface area contributed by atoms with Gasteiger partial charge in [0, 0.05) is 7.11 Å². The molecule has 0 aromatic heterocycles. The summed E-state index contributed by atoms with van der Waals surface area (Å²) in [5.74, 6) is 0.486. The van der Waals surface area contributed by atoms with E-state index >= 15 is 0 Å². The Bertz CT molecular complexity index is 209. The Morgan fingerprint density at radius 3 is 2.19 bits per heavy atom. The topological polar surface area (TPSA) is 29.5 Å². The third-order valence-corrected chi connectivity index (χ3v) is 4.70. The maximum absolute atomic E-state index is 11.0. The van der Waals surface area contributed by atoms with Crippen LogP contribution in [0.3, 0.4) is 0 Å². The van der Waals surface area contributed by atoms with Crippen molar-refractivity contribution in [2.24, 2.45) is 5.92 Å². The Morgan fingerprint density at radius 2 is 1.56 bits per heavy atom. The number of ether oxygens (including phenoxy) is 1. The van der Waals surface area contributed by atoms with Gasteiger partial charge >= 0.3 is 0 Å². The van der Waals surface area contributed by atoms with E-state index in [9.17, 15) is 5.11 Å². The molecule has 2 saturated carbocycles. The number of aliphatic hydroxyl groups is 1. The van der Waals surface area contributed by atoms with Crippen molar-refractivity contribution in [2.75, 3.05) is 7.11 Å². The molecule has 0 saturated heterocycles. The van der Waals surface area contributed by atoms with Gasteiger partial charge in [0.15, 0.2) is 0 Å². The average molecular weight is 226 g/mol. The van der Waals surface area contributed by atoms with Crippen molar-refractivity contribution in [3.63, 3.8) is 0 Å². The molecule has 2 fully saturated rings. The van der Waals surface area contributed by atoms with Crippen molar-refractivity contribution in [3.05, 3.63) is 0 Å². The Balaban J connectivity index is 2.07. The zero-order chi connectivity index (χ0) is 11.4. The van der Waals surface area contributed by atoms with Crippen LogP contribution in [0.25, 0.3) is 0 Å². The summed E-state index contributed by atoms with van der Waals surface area (Å²) < 4.78 is 5.55. The van der Waals surface area contributed by atoms with Crippen molar-refractivity contribution >= 4 is 0 Å². The van der Waals surface area contributed by atoms with Crippen LogP contribution in [0.4, 0.5) is 0 Å². The highest BCUT2D eigenvalue weighted by atomic mass is 16.5. The largest absolute Gasteiger partial charge is 0.387 e. The first-order chi connectivity index (χ1) is 7.77. The standard InChI is InChI=1S/C14H26O2/c1-16-13-10-6-7-11-14(13,15)12-8-4-2-3-5-9-12/h12-13,15H,2-11H2,1H3. The highest BCUT2D eigenvalue weighted by Crippen LogP contribution is 2.42. The maximum Gasteiger partial charge on any atom is 0.0935 e. The fourth-order valence-electron chi connectivity index (χ4n) is 3.72. The third-order valence-electron chi connectivity index (χ3n) is 4.70. The van der Waals surface area contributed by atoms with Gasteiger partial charge in [0.1, 0.15) is 0 Å². The van der Waals surface area contributed by atoms with E-state index in [1.165, 1.54) is 51.4 Å². The first kappa shape index (κ1) is 12.4. The molecule has 2 atom stereocenters. The molecule has 2 nitrogen and oxygen atoms in total. The quantitative estimate of drug-likeness (QED) is 0.732. The summed E-state index contributed by atoms with van der Waals surface area (Å²) in [6, 6.07) is 0. The molecule has 94 valence electrons. The Labute approximate surface area is 99.4 Å². The van der Waals surface area contributed by atoms with Crippen LogP contribution >= 0.6 is 0 Å². The van der Waals surface area contributed by atoms with Crippen LogP contribution in [0.2, 0.25) is 0 Å². The highest BCUT2D eigenvalue weighted by molar-refractivity contribution is 4.96. The van der Waals surface area contributed by atoms with Gasteiger partial charge in [-0.05, 0) is 31.6 Å². The molecule has 2 unspecified atom stereocenters. The molecule has 2 heteroatoms. The summed E-state index contributed by atoms with van der Waals surface area (Å²) in [6.07, 6.45) is 12.2. The van der Waals surface area contributed by atoms with Gasteiger partial charge in [0.25, 0.3) is 0 Å². The van der Waals surface area contributed by atoms with Crippen LogP contribution in [-0.2, 0) is 4.74 Å². The number of rotatable bonds is 2. The molecule has 2 aliphatic carbocycles. The van der Waals surface area contributed by atoms with Crippen LogP contribution in [0.15, 0.2) is 0 Å². The summed E-state index contributed by atoms with van der Waals surface area (Å²) in [5.41, 5.74) is -0.517. The van der Waals surface area contributed by atoms with Crippen LogP contribution in [0.5, 0.6) is 0 Å². The van der Waals surface area contributed by atoms with Gasteiger partial charge < -0.3 is 9.84 Å². The van der Waals surface area contributed by atoms with E-state index in [1.54, 1.807) is 7.11 Å². The predicted molar refractivity (Wildman–Crippen MR) is 65.4 cm³/mol. The number of hydrogen-bond acceptors (Lipinski definition) is 2. The SMILES string of the molecule is COC1CCCCC1(O)C1CCCCCC1. The average Bonchev–Trinajstić information content (AvgIpc) is 2.58. The molecule has 0 heterocycles. The lowest BCUT2D eigenvalue weighted by atomic mass is 9.71. The Morgan fingerprint density at radius 1 is 0.938 bits per heavy atom. The Hall–Kier alpha value is -0.0800. The molecule has 16 heavy (non-hydrogen) atoms. The van der Waals surface area contributed by atoms with Gasteiger partial charge in [0.05, 0.1) is 11.7 Å². The molecule has 0 aromatic carbocycles. The van der Waals surface area contributed by atoms with Gasteiger partial charge in [-0.2, -0.15) is 0 Å². The van der Waals surface area contributed by atoms with E-state index in [-0.39, 0.29) is 6.10 Å². The van der Waals surface area contributed by atoms with Crippen LogP contribution < -0.4 is 0 Å². The molecule has 0 spiro atoms. The zero-order valence-corrected chi connectivity index (χ0v) is 10.6. The third kappa shape index (κ3) is 2.43. The number of methoxy groups -OCH3 is 1. The smallest absolute Gasteiger partial charge is 0.0935 e. The fraction of sp³-hybridized carbons (Fsp3) is 1.00. The minimum atomic E-state index is -0.517. The van der Waals surface area contributed by atoms with Crippen molar-refractivity contribution < 1.29 is 9.84 Å². The summed E-state index contributed by atoms with van der Waals surface area (Å²) >= 11 is 0. The van der Waals surface area contributed by atoms with Gasteiger partial charge in [-0.15, -0.1) is 0 Å². The summed E-state index contributed by atoms with van der Waals surface area (Å²) in [7, 11) is 1.76. The monoisotopic (exact) mass is 226 g/mol. The summed E-state index contributed by atoms with van der Waals surface area (Å²) in [4.78, 5) is 0. The summed E-state index contributed by atoms with van der Waals surface area (Å²) in [5, 5.41) is 11.0. The van der Waals surface area contributed by atoms with Crippen molar-refractivity contribution in [1.82, 2.24) is 0 Å². The molecular formula is C14H26O2. The van der Waals surface area contributed by atoms with Crippen LogP contribution in [-0.4, -0.2) is 23.9 Å². The van der Waals surface area contributed by atoms with Crippen molar-refractivity contribution in [3.8, 4) is 0 Å². The molecule has 1 N–H and O–H groups in total. The highest BCUT2D eigenvalue weighted by Gasteiger charge is 2.45. The van der Waals surface area contributed by atoms with E-state index in [0.717, 1.165) is 12.8 Å². The normalized spacial score (nSPS) is 38.2. The molecule has 2 rings (SSSR count). The minimum Gasteiger partial charge on any atom is -0.387 e. The van der Waals surface area contributed by atoms with E-state index in [2.05, 4.69) is 0 Å². The van der Waals surface area contributed by atoms with E-state index in [0.29, 0.717) is 5.92 Å². The van der Waals surface area contributed by atoms with Gasteiger partial charge in [-0.3, -0.25) is 0 Å². The predicted octanol–water partition coefficient (Wildman–Crippen LogP) is 3.28. The molecular weight excluding hydrogens is 200 g/mol. The van der Waals surface area contributed by atoms with Crippen LogP contribution in [0.1, 0.15) is 64.2 Å². The lowest BCUT2D eigenvalue weighted by Crippen LogP contribution is -2.51. The Kier molecular flexibility index (Phi) is 4.26. The second-order valence-corrected chi connectivity index (χ2v) is 5.65. The molecule has 0 radical (unpaired) electrons. The van der Waals surface area contributed by atoms with Crippen molar-refractivity contribution in [1.29, 1.82) is 0 Å².